The van der Waals surface area contributed by atoms with Gasteiger partial charge in [0.15, 0.2) is 0 Å². The molecule has 0 aliphatic heterocycles. The number of hydrogen-bond donors (Lipinski definition) is 2. The number of amides is 1. The van der Waals surface area contributed by atoms with E-state index in [0.717, 1.165) is 17.5 Å². The second-order valence-electron chi connectivity index (χ2n) is 5.74. The molecule has 0 bridgehead atoms. The summed E-state index contributed by atoms with van der Waals surface area (Å²) in [6.45, 7) is 2.24. The Kier molecular flexibility index (Phi) is 6.56. The Labute approximate surface area is 141 Å². The Balaban J connectivity index is 1.74. The summed E-state index contributed by atoms with van der Waals surface area (Å²) in [5.41, 5.74) is 1.90. The second-order valence-corrected chi connectivity index (χ2v) is 6.18. The van der Waals surface area contributed by atoms with Crippen LogP contribution >= 0.6 is 11.6 Å². The summed E-state index contributed by atoms with van der Waals surface area (Å²) in [6.07, 6.45) is 3.76. The fourth-order valence-electron chi connectivity index (χ4n) is 2.40. The Morgan fingerprint density at radius 2 is 1.87 bits per heavy atom. The average molecular weight is 333 g/mol. The number of aliphatic hydroxyl groups excluding tert-OH is 1. The molecule has 0 aliphatic rings. The zero-order chi connectivity index (χ0) is 16.7. The van der Waals surface area contributed by atoms with Crippen molar-refractivity contribution in [1.82, 2.24) is 10.3 Å². The topological polar surface area (TPSA) is 62.2 Å². The molecule has 0 spiro atoms. The number of carbonyl (C=O) groups is 1. The minimum atomic E-state index is -0.714. The summed E-state index contributed by atoms with van der Waals surface area (Å²) < 4.78 is 0. The van der Waals surface area contributed by atoms with Gasteiger partial charge in [-0.3, -0.25) is 9.78 Å². The molecule has 5 heteroatoms. The van der Waals surface area contributed by atoms with E-state index in [1.54, 1.807) is 24.5 Å². The molecule has 1 aromatic carbocycles. The molecule has 2 N–H and O–H groups in total. The van der Waals surface area contributed by atoms with E-state index >= 15 is 0 Å². The lowest BCUT2D eigenvalue weighted by Crippen LogP contribution is -2.29. The van der Waals surface area contributed by atoms with Gasteiger partial charge < -0.3 is 10.4 Å². The van der Waals surface area contributed by atoms with Gasteiger partial charge in [-0.05, 0) is 47.7 Å². The summed E-state index contributed by atoms with van der Waals surface area (Å²) in [4.78, 5) is 15.9. The molecular formula is C18H21ClN2O2. The highest BCUT2D eigenvalue weighted by atomic mass is 35.5. The molecule has 1 aromatic heterocycles. The maximum Gasteiger partial charge on any atom is 0.220 e. The van der Waals surface area contributed by atoms with Crippen molar-refractivity contribution in [2.24, 2.45) is 5.92 Å². The van der Waals surface area contributed by atoms with Crippen LogP contribution in [0.1, 0.15) is 30.6 Å². The number of carbonyl (C=O) groups excluding carboxylic acids is 1. The second kappa shape index (κ2) is 8.65. The van der Waals surface area contributed by atoms with E-state index in [0.29, 0.717) is 11.4 Å². The van der Waals surface area contributed by atoms with Crippen molar-refractivity contribution >= 4 is 17.5 Å². The minimum Gasteiger partial charge on any atom is -0.387 e. The number of aromatic nitrogens is 1. The highest BCUT2D eigenvalue weighted by Crippen LogP contribution is 2.15. The van der Waals surface area contributed by atoms with Gasteiger partial charge >= 0.3 is 0 Å². The molecule has 0 fully saturated rings. The van der Waals surface area contributed by atoms with Crippen LogP contribution in [0.3, 0.4) is 0 Å². The van der Waals surface area contributed by atoms with Crippen LogP contribution in [0, 0.1) is 5.92 Å². The summed E-state index contributed by atoms with van der Waals surface area (Å²) in [5.74, 6) is 0.161. The van der Waals surface area contributed by atoms with Crippen molar-refractivity contribution in [1.29, 1.82) is 0 Å². The SMILES string of the molecule is CC(CC(=O)NCC(O)c1ccncc1)Cc1ccc(Cl)cc1. The van der Waals surface area contributed by atoms with Gasteiger partial charge in [0, 0.05) is 30.4 Å². The molecule has 0 saturated heterocycles. The summed E-state index contributed by atoms with van der Waals surface area (Å²) in [7, 11) is 0. The molecule has 1 amide bonds. The van der Waals surface area contributed by atoms with Gasteiger partial charge in [0.1, 0.15) is 0 Å². The molecule has 1 heterocycles. The molecule has 2 aromatic rings. The Morgan fingerprint density at radius 3 is 2.52 bits per heavy atom. The highest BCUT2D eigenvalue weighted by Gasteiger charge is 2.12. The highest BCUT2D eigenvalue weighted by molar-refractivity contribution is 6.30. The molecule has 0 radical (unpaired) electrons. The zero-order valence-electron chi connectivity index (χ0n) is 13.1. The van der Waals surface area contributed by atoms with Crippen LogP contribution in [0.2, 0.25) is 5.02 Å². The van der Waals surface area contributed by atoms with E-state index in [4.69, 9.17) is 11.6 Å². The van der Waals surface area contributed by atoms with E-state index in [-0.39, 0.29) is 18.4 Å². The number of hydrogen-bond acceptors (Lipinski definition) is 3. The van der Waals surface area contributed by atoms with Gasteiger partial charge in [0.25, 0.3) is 0 Å². The van der Waals surface area contributed by atoms with Crippen LogP contribution in [0.15, 0.2) is 48.8 Å². The van der Waals surface area contributed by atoms with E-state index in [9.17, 15) is 9.90 Å². The van der Waals surface area contributed by atoms with Gasteiger partial charge in [-0.2, -0.15) is 0 Å². The fourth-order valence-corrected chi connectivity index (χ4v) is 2.52. The number of nitrogens with zero attached hydrogens (tertiary/aromatic N) is 1. The first-order valence-electron chi connectivity index (χ1n) is 7.63. The van der Waals surface area contributed by atoms with E-state index in [1.807, 2.05) is 31.2 Å². The van der Waals surface area contributed by atoms with Crippen molar-refractivity contribution in [3.05, 3.63) is 64.9 Å². The van der Waals surface area contributed by atoms with E-state index < -0.39 is 6.10 Å². The third-order valence-electron chi connectivity index (χ3n) is 3.61. The molecule has 2 rings (SSSR count). The van der Waals surface area contributed by atoms with Crippen LogP contribution in [-0.4, -0.2) is 22.5 Å². The summed E-state index contributed by atoms with van der Waals surface area (Å²) in [5, 5.41) is 13.5. The van der Waals surface area contributed by atoms with Crippen molar-refractivity contribution in [2.75, 3.05) is 6.54 Å². The zero-order valence-corrected chi connectivity index (χ0v) is 13.8. The molecule has 122 valence electrons. The molecule has 4 nitrogen and oxygen atoms in total. The smallest absolute Gasteiger partial charge is 0.220 e. The van der Waals surface area contributed by atoms with Gasteiger partial charge in [-0.1, -0.05) is 30.7 Å². The van der Waals surface area contributed by atoms with Gasteiger partial charge in [0.2, 0.25) is 5.91 Å². The van der Waals surface area contributed by atoms with Crippen LogP contribution in [0.25, 0.3) is 0 Å². The lowest BCUT2D eigenvalue weighted by Gasteiger charge is -2.14. The number of benzene rings is 1. The standard InChI is InChI=1S/C18H21ClN2O2/c1-13(10-14-2-4-16(19)5-3-14)11-18(23)21-12-17(22)15-6-8-20-9-7-15/h2-9,13,17,22H,10-12H2,1H3,(H,21,23). The third kappa shape index (κ3) is 6.00. The Hall–Kier alpha value is -1.91. The number of halogens is 1. The normalized spacial score (nSPS) is 13.3. The van der Waals surface area contributed by atoms with Gasteiger partial charge in [-0.25, -0.2) is 0 Å². The van der Waals surface area contributed by atoms with Crippen molar-refractivity contribution < 1.29 is 9.90 Å². The van der Waals surface area contributed by atoms with Crippen LogP contribution in [0.5, 0.6) is 0 Å². The third-order valence-corrected chi connectivity index (χ3v) is 3.87. The molecule has 2 atom stereocenters. The molecule has 2 unspecified atom stereocenters. The van der Waals surface area contributed by atoms with E-state index in [2.05, 4.69) is 10.3 Å². The van der Waals surface area contributed by atoms with E-state index in [1.165, 1.54) is 0 Å². The first-order chi connectivity index (χ1) is 11.0. The largest absolute Gasteiger partial charge is 0.387 e. The first kappa shape index (κ1) is 17.4. The van der Waals surface area contributed by atoms with Gasteiger partial charge in [0.05, 0.1) is 6.10 Å². The molecular weight excluding hydrogens is 312 g/mol. The first-order valence-corrected chi connectivity index (χ1v) is 8.01. The number of nitrogens with one attached hydrogen (secondary N) is 1. The summed E-state index contributed by atoms with van der Waals surface area (Å²) in [6, 6.07) is 11.1. The lowest BCUT2D eigenvalue weighted by atomic mass is 9.98. The maximum atomic E-state index is 12.0. The monoisotopic (exact) mass is 332 g/mol. The van der Waals surface area contributed by atoms with Crippen molar-refractivity contribution in [3.63, 3.8) is 0 Å². The molecule has 0 aliphatic carbocycles. The van der Waals surface area contributed by atoms with Crippen molar-refractivity contribution in [2.45, 2.75) is 25.9 Å². The molecule has 23 heavy (non-hydrogen) atoms. The number of rotatable bonds is 7. The number of aliphatic hydroxyl groups is 1. The van der Waals surface area contributed by atoms with Crippen LogP contribution < -0.4 is 5.32 Å². The average Bonchev–Trinajstić information content (AvgIpc) is 2.55. The minimum absolute atomic E-state index is 0.0560. The fraction of sp³-hybridized carbons (Fsp3) is 0.333. The van der Waals surface area contributed by atoms with Gasteiger partial charge in [-0.15, -0.1) is 0 Å². The Morgan fingerprint density at radius 1 is 1.22 bits per heavy atom. The molecule has 0 saturated carbocycles. The maximum absolute atomic E-state index is 12.0. The van der Waals surface area contributed by atoms with Crippen LogP contribution in [0.4, 0.5) is 0 Å². The quantitative estimate of drug-likeness (QED) is 0.818. The number of pyridine rings is 1. The predicted molar refractivity (Wildman–Crippen MR) is 91.1 cm³/mol. The summed E-state index contributed by atoms with van der Waals surface area (Å²) >= 11 is 5.86. The predicted octanol–water partition coefficient (Wildman–Crippen LogP) is 3.15. The Bertz CT molecular complexity index is 617. The van der Waals surface area contributed by atoms with Crippen LogP contribution in [-0.2, 0) is 11.2 Å². The lowest BCUT2D eigenvalue weighted by molar-refractivity contribution is -0.122. The van der Waals surface area contributed by atoms with Crippen molar-refractivity contribution in [3.8, 4) is 0 Å².